The Bertz CT molecular complexity index is 972. The van der Waals surface area contributed by atoms with Gasteiger partial charge >= 0.3 is 0 Å². The lowest BCUT2D eigenvalue weighted by Gasteiger charge is -2.35. The van der Waals surface area contributed by atoms with E-state index in [-0.39, 0.29) is 30.8 Å². The van der Waals surface area contributed by atoms with Crippen molar-refractivity contribution in [3.05, 3.63) is 48.2 Å². The van der Waals surface area contributed by atoms with Crippen molar-refractivity contribution in [3.8, 4) is 6.07 Å². The molecule has 0 bridgehead atoms. The van der Waals surface area contributed by atoms with Crippen LogP contribution in [0.1, 0.15) is 16.8 Å². The summed E-state index contributed by atoms with van der Waals surface area (Å²) in [5.41, 5.74) is 1.25. The van der Waals surface area contributed by atoms with Crippen LogP contribution in [-0.2, 0) is 4.79 Å². The van der Waals surface area contributed by atoms with Gasteiger partial charge in [-0.1, -0.05) is 23.9 Å². The first-order valence-corrected chi connectivity index (χ1v) is 10.4. The molecule has 1 saturated heterocycles. The number of carbonyl (C=O) groups is 2. The Balaban J connectivity index is 0.00000256. The molecule has 9 heteroatoms. The monoisotopic (exact) mass is 443 g/mol. The number of rotatable bonds is 4. The highest BCUT2D eigenvalue weighted by Gasteiger charge is 2.31. The Morgan fingerprint density at radius 3 is 2.67 bits per heavy atom. The molecule has 4 rings (SSSR count). The van der Waals surface area contributed by atoms with Gasteiger partial charge in [0.25, 0.3) is 5.91 Å². The maximum atomic E-state index is 13.3. The van der Waals surface area contributed by atoms with Gasteiger partial charge in [0, 0.05) is 50.2 Å². The summed E-state index contributed by atoms with van der Waals surface area (Å²) in [6.45, 7) is 3.44. The number of fused-ring (bicyclic) bond motifs is 2. The van der Waals surface area contributed by atoms with Crippen molar-refractivity contribution in [1.82, 2.24) is 14.8 Å². The fourth-order valence-corrected chi connectivity index (χ4v) is 4.60. The third-order valence-electron chi connectivity index (χ3n) is 5.17. The van der Waals surface area contributed by atoms with Crippen molar-refractivity contribution >= 4 is 41.7 Å². The predicted molar refractivity (Wildman–Crippen MR) is 117 cm³/mol. The third-order valence-corrected chi connectivity index (χ3v) is 6.25. The van der Waals surface area contributed by atoms with Crippen molar-refractivity contribution in [3.63, 3.8) is 0 Å². The Morgan fingerprint density at radius 1 is 1.13 bits per heavy atom. The fraction of sp³-hybridized carbons (Fsp3) is 0.333. The van der Waals surface area contributed by atoms with Crippen molar-refractivity contribution in [2.45, 2.75) is 16.3 Å². The molecule has 0 saturated carbocycles. The van der Waals surface area contributed by atoms with Gasteiger partial charge in [0.15, 0.2) is 0 Å². The molecule has 2 aromatic rings. The second-order valence-electron chi connectivity index (χ2n) is 6.95. The lowest BCUT2D eigenvalue weighted by molar-refractivity contribution is -0.131. The number of halogens is 1. The highest BCUT2D eigenvalue weighted by atomic mass is 35.5. The molecule has 156 valence electrons. The number of pyridine rings is 1. The number of carbonyl (C=O) groups excluding carboxylic acids is 2. The summed E-state index contributed by atoms with van der Waals surface area (Å²) in [7, 11) is 0. The minimum atomic E-state index is -0.180. The lowest BCUT2D eigenvalue weighted by atomic mass is 10.2. The van der Waals surface area contributed by atoms with Crippen LogP contribution in [0.4, 0.5) is 5.69 Å². The van der Waals surface area contributed by atoms with Crippen LogP contribution in [0.5, 0.6) is 0 Å². The first-order chi connectivity index (χ1) is 14.2. The van der Waals surface area contributed by atoms with Gasteiger partial charge in [-0.05, 0) is 24.3 Å². The van der Waals surface area contributed by atoms with E-state index in [0.29, 0.717) is 30.8 Å². The number of amides is 2. The maximum Gasteiger partial charge on any atom is 0.259 e. The van der Waals surface area contributed by atoms with Crippen LogP contribution in [0.25, 0.3) is 0 Å². The van der Waals surface area contributed by atoms with Crippen LogP contribution < -0.4 is 4.90 Å². The zero-order valence-electron chi connectivity index (χ0n) is 16.4. The second kappa shape index (κ2) is 9.94. The van der Waals surface area contributed by atoms with E-state index >= 15 is 0 Å². The molecular formula is C21H22ClN5O2S. The van der Waals surface area contributed by atoms with Crippen LogP contribution in [0.2, 0.25) is 0 Å². The largest absolute Gasteiger partial charge is 0.339 e. The predicted octanol–water partition coefficient (Wildman–Crippen LogP) is 2.67. The lowest BCUT2D eigenvalue weighted by Crippen LogP contribution is -2.52. The molecular weight excluding hydrogens is 422 g/mol. The zero-order chi connectivity index (χ0) is 20.2. The van der Waals surface area contributed by atoms with E-state index in [2.05, 4.69) is 16.0 Å². The topological polar surface area (TPSA) is 80.5 Å². The first-order valence-electron chi connectivity index (χ1n) is 9.58. The molecule has 2 aliphatic heterocycles. The van der Waals surface area contributed by atoms with E-state index in [4.69, 9.17) is 5.26 Å². The highest BCUT2D eigenvalue weighted by molar-refractivity contribution is 7.99. The molecule has 2 amide bonds. The zero-order valence-corrected chi connectivity index (χ0v) is 18.0. The number of hydrogen-bond donors (Lipinski definition) is 0. The summed E-state index contributed by atoms with van der Waals surface area (Å²) in [6, 6.07) is 13.2. The maximum absolute atomic E-state index is 13.3. The van der Waals surface area contributed by atoms with Crippen molar-refractivity contribution < 1.29 is 9.59 Å². The fourth-order valence-electron chi connectivity index (χ4n) is 3.58. The van der Waals surface area contributed by atoms with Crippen LogP contribution in [0.15, 0.2) is 52.5 Å². The SMILES string of the molecule is Cl.N#CCCN1CCN(C(=O)CN2C(=O)c3ccccc3Sc3ncccc32)CC1. The van der Waals surface area contributed by atoms with Gasteiger partial charge in [0.2, 0.25) is 5.91 Å². The van der Waals surface area contributed by atoms with E-state index in [0.717, 1.165) is 29.6 Å². The number of benzene rings is 1. The van der Waals surface area contributed by atoms with Crippen molar-refractivity contribution in [2.75, 3.05) is 44.2 Å². The van der Waals surface area contributed by atoms with E-state index in [1.807, 2.05) is 24.3 Å². The molecule has 0 radical (unpaired) electrons. The van der Waals surface area contributed by atoms with E-state index in [1.165, 1.54) is 11.8 Å². The van der Waals surface area contributed by atoms with Gasteiger partial charge < -0.3 is 4.90 Å². The molecule has 0 spiro atoms. The number of anilines is 1. The standard InChI is InChI=1S/C21H21N5O2S.ClH/c22-8-4-10-24-11-13-25(14-12-24)19(27)15-26-17-6-3-9-23-20(17)29-18-7-2-1-5-16(18)21(26)28;/h1-3,5-7,9H,4,10-15H2;1H. The molecule has 1 aromatic heterocycles. The quantitative estimate of drug-likeness (QED) is 0.722. The van der Waals surface area contributed by atoms with Gasteiger partial charge in [-0.25, -0.2) is 4.98 Å². The Kier molecular flexibility index (Phi) is 7.32. The number of aromatic nitrogens is 1. The normalized spacial score (nSPS) is 16.0. The van der Waals surface area contributed by atoms with Gasteiger partial charge in [-0.15, -0.1) is 12.4 Å². The Hall–Kier alpha value is -2.60. The number of nitrogens with zero attached hydrogens (tertiary/aromatic N) is 5. The van der Waals surface area contributed by atoms with Gasteiger partial charge in [0.1, 0.15) is 11.6 Å². The Labute approximate surface area is 186 Å². The van der Waals surface area contributed by atoms with E-state index < -0.39 is 0 Å². The average Bonchev–Trinajstić information content (AvgIpc) is 2.87. The van der Waals surface area contributed by atoms with Gasteiger partial charge in [-0.3, -0.25) is 19.4 Å². The molecule has 0 atom stereocenters. The minimum Gasteiger partial charge on any atom is -0.339 e. The first kappa shape index (κ1) is 22.1. The van der Waals surface area contributed by atoms with Gasteiger partial charge in [0.05, 0.1) is 17.3 Å². The summed E-state index contributed by atoms with van der Waals surface area (Å²) in [6.07, 6.45) is 2.20. The third kappa shape index (κ3) is 4.59. The smallest absolute Gasteiger partial charge is 0.259 e. The minimum absolute atomic E-state index is 0. The molecule has 0 unspecified atom stereocenters. The summed E-state index contributed by atoms with van der Waals surface area (Å²) in [4.78, 5) is 37.1. The van der Waals surface area contributed by atoms with E-state index in [1.54, 1.807) is 28.1 Å². The molecule has 1 aromatic carbocycles. The summed E-state index contributed by atoms with van der Waals surface area (Å²) >= 11 is 1.45. The number of nitriles is 1. The van der Waals surface area contributed by atoms with Crippen molar-refractivity contribution in [2.24, 2.45) is 0 Å². The molecule has 1 fully saturated rings. The second-order valence-corrected chi connectivity index (χ2v) is 7.98. The number of piperazine rings is 1. The molecule has 30 heavy (non-hydrogen) atoms. The van der Waals surface area contributed by atoms with Gasteiger partial charge in [-0.2, -0.15) is 5.26 Å². The van der Waals surface area contributed by atoms with Crippen LogP contribution in [0, 0.1) is 11.3 Å². The summed E-state index contributed by atoms with van der Waals surface area (Å²) in [5.74, 6) is -0.252. The van der Waals surface area contributed by atoms with Crippen LogP contribution in [-0.4, -0.2) is 65.9 Å². The van der Waals surface area contributed by atoms with Crippen molar-refractivity contribution in [1.29, 1.82) is 5.26 Å². The Morgan fingerprint density at radius 2 is 1.90 bits per heavy atom. The molecule has 2 aliphatic rings. The molecule has 7 nitrogen and oxygen atoms in total. The molecule has 0 aliphatic carbocycles. The average molecular weight is 444 g/mol. The summed E-state index contributed by atoms with van der Waals surface area (Å²) < 4.78 is 0. The van der Waals surface area contributed by atoms with Crippen LogP contribution in [0.3, 0.4) is 0 Å². The van der Waals surface area contributed by atoms with E-state index in [9.17, 15) is 9.59 Å². The highest BCUT2D eigenvalue weighted by Crippen LogP contribution is 2.39. The molecule has 3 heterocycles. The molecule has 0 N–H and O–H groups in total. The number of hydrogen-bond acceptors (Lipinski definition) is 6. The van der Waals surface area contributed by atoms with Crippen LogP contribution >= 0.6 is 24.2 Å². The summed E-state index contributed by atoms with van der Waals surface area (Å²) in [5, 5.41) is 9.45.